The maximum Gasteiger partial charge on any atom is 0.232 e. The van der Waals surface area contributed by atoms with Crippen LogP contribution in [0.4, 0.5) is 0 Å². The van der Waals surface area contributed by atoms with Gasteiger partial charge in [0, 0.05) is 25.1 Å². The van der Waals surface area contributed by atoms with E-state index in [1.165, 1.54) is 4.68 Å². The number of benzene rings is 1. The second kappa shape index (κ2) is 12.9. The molecule has 0 unspecified atom stereocenters. The van der Waals surface area contributed by atoms with Gasteiger partial charge in [0.15, 0.2) is 11.3 Å². The number of Topliss-reactive ketones (excluding diaryl/α,β-unsaturated/α-hetero) is 1. The molecule has 1 heterocycles. The third-order valence-electron chi connectivity index (χ3n) is 4.69. The Labute approximate surface area is 196 Å². The Bertz CT molecular complexity index is 1020. The molecule has 0 atom stereocenters. The lowest BCUT2D eigenvalue weighted by molar-refractivity contribution is 0.0987. The van der Waals surface area contributed by atoms with Gasteiger partial charge in [-0.2, -0.15) is 4.68 Å². The Kier molecular flexibility index (Phi) is 10.9. The van der Waals surface area contributed by atoms with Crippen LogP contribution in [0.5, 0.6) is 11.6 Å². The van der Waals surface area contributed by atoms with Gasteiger partial charge in [-0.05, 0) is 55.5 Å². The zero-order chi connectivity index (χ0) is 25.2. The van der Waals surface area contributed by atoms with E-state index in [0.717, 1.165) is 11.1 Å². The molecule has 1 aromatic heterocycles. The summed E-state index contributed by atoms with van der Waals surface area (Å²) in [6.45, 7) is 14.4. The Morgan fingerprint density at radius 3 is 2.33 bits per heavy atom. The van der Waals surface area contributed by atoms with Crippen molar-refractivity contribution in [2.45, 2.75) is 60.3 Å². The van der Waals surface area contributed by atoms with Crippen molar-refractivity contribution in [2.75, 3.05) is 26.9 Å². The molecule has 0 amide bonds. The van der Waals surface area contributed by atoms with E-state index in [1.54, 1.807) is 20.0 Å². The van der Waals surface area contributed by atoms with Gasteiger partial charge in [0.25, 0.3) is 0 Å². The molecule has 2 N–H and O–H groups in total. The highest BCUT2D eigenvalue weighted by Crippen LogP contribution is 2.28. The third kappa shape index (κ3) is 8.46. The van der Waals surface area contributed by atoms with Crippen molar-refractivity contribution in [3.63, 3.8) is 0 Å². The molecule has 33 heavy (non-hydrogen) atoms. The van der Waals surface area contributed by atoms with E-state index in [1.807, 2.05) is 39.0 Å². The number of ketones is 1. The van der Waals surface area contributed by atoms with Crippen molar-refractivity contribution in [1.29, 1.82) is 5.41 Å². The van der Waals surface area contributed by atoms with Gasteiger partial charge in [-0.1, -0.05) is 27.7 Å². The first-order chi connectivity index (χ1) is 15.5. The first kappa shape index (κ1) is 28.0. The number of aliphatic hydroxyl groups excluding tert-OH is 1. The normalized spacial score (nSPS) is 11.5. The summed E-state index contributed by atoms with van der Waals surface area (Å²) < 4.78 is 12.2. The molecule has 2 rings (SSSR count). The van der Waals surface area contributed by atoms with Gasteiger partial charge in [0.1, 0.15) is 18.2 Å². The number of aryl methyl sites for hydroxylation is 1. The molecule has 0 aliphatic rings. The predicted molar refractivity (Wildman–Crippen MR) is 131 cm³/mol. The molecule has 0 fully saturated rings. The van der Waals surface area contributed by atoms with Gasteiger partial charge >= 0.3 is 0 Å². The van der Waals surface area contributed by atoms with E-state index in [4.69, 9.17) is 20.0 Å². The van der Waals surface area contributed by atoms with Crippen LogP contribution < -0.4 is 15.0 Å². The number of hydrogen-bond acceptors (Lipinski definition) is 7. The highest BCUT2D eigenvalue weighted by molar-refractivity contribution is 5.96. The van der Waals surface area contributed by atoms with Crippen molar-refractivity contribution in [2.24, 2.45) is 4.99 Å². The number of rotatable bonds is 7. The van der Waals surface area contributed by atoms with E-state index in [9.17, 15) is 4.79 Å². The van der Waals surface area contributed by atoms with Crippen LogP contribution in [0, 0.1) is 12.3 Å². The summed E-state index contributed by atoms with van der Waals surface area (Å²) in [5.74, 6) is 1.59. The fraction of sp³-hybridized carbons (Fsp3) is 0.520. The summed E-state index contributed by atoms with van der Waals surface area (Å²) in [6, 6.07) is 7.43. The number of hydrogen-bond donors (Lipinski definition) is 2. The van der Waals surface area contributed by atoms with Gasteiger partial charge in [-0.15, -0.1) is 5.10 Å². The SMILES string of the molecule is CCC(=O)c1cc(OCCO)cc(C(C)(C)C)c1.CCOc1cc(C)c(=NC)n(C(C)=N)n1. The lowest BCUT2D eigenvalue weighted by atomic mass is 9.85. The lowest BCUT2D eigenvalue weighted by Gasteiger charge is -2.21. The number of nitrogens with one attached hydrogen (secondary N) is 1. The molecule has 0 aliphatic carbocycles. The molecule has 8 heteroatoms. The van der Waals surface area contributed by atoms with E-state index in [-0.39, 0.29) is 24.4 Å². The molecule has 0 saturated heterocycles. The van der Waals surface area contributed by atoms with Crippen molar-refractivity contribution in [1.82, 2.24) is 9.78 Å². The Balaban J connectivity index is 0.000000335. The Morgan fingerprint density at radius 1 is 1.18 bits per heavy atom. The molecule has 2 aromatic rings. The average Bonchev–Trinajstić information content (AvgIpc) is 2.76. The Morgan fingerprint density at radius 2 is 1.85 bits per heavy atom. The van der Waals surface area contributed by atoms with Crippen LogP contribution in [0.25, 0.3) is 0 Å². The van der Waals surface area contributed by atoms with Crippen LogP contribution in [0.15, 0.2) is 29.3 Å². The van der Waals surface area contributed by atoms with Crippen LogP contribution in [0.2, 0.25) is 0 Å². The van der Waals surface area contributed by atoms with Crippen molar-refractivity contribution in [3.8, 4) is 11.6 Å². The molecule has 0 aliphatic heterocycles. The van der Waals surface area contributed by atoms with Crippen molar-refractivity contribution < 1.29 is 19.4 Å². The summed E-state index contributed by atoms with van der Waals surface area (Å²) in [4.78, 5) is 15.9. The monoisotopic (exact) mass is 458 g/mol. The second-order valence-electron chi connectivity index (χ2n) is 8.49. The molecule has 0 saturated carbocycles. The highest BCUT2D eigenvalue weighted by Gasteiger charge is 2.17. The van der Waals surface area contributed by atoms with E-state index >= 15 is 0 Å². The number of aromatic nitrogens is 2. The summed E-state index contributed by atoms with van der Waals surface area (Å²) >= 11 is 0. The van der Waals surface area contributed by atoms with E-state index in [2.05, 4.69) is 30.9 Å². The van der Waals surface area contributed by atoms with Crippen LogP contribution in [-0.4, -0.2) is 53.4 Å². The lowest BCUT2D eigenvalue weighted by Crippen LogP contribution is -2.30. The van der Waals surface area contributed by atoms with Crippen LogP contribution in [0.3, 0.4) is 0 Å². The van der Waals surface area contributed by atoms with Gasteiger partial charge < -0.3 is 14.6 Å². The van der Waals surface area contributed by atoms with Crippen LogP contribution in [0.1, 0.15) is 69.4 Å². The smallest absolute Gasteiger partial charge is 0.232 e. The molecule has 182 valence electrons. The fourth-order valence-electron chi connectivity index (χ4n) is 2.96. The number of ether oxygens (including phenoxy) is 2. The van der Waals surface area contributed by atoms with Crippen molar-refractivity contribution >= 4 is 11.6 Å². The van der Waals surface area contributed by atoms with Crippen molar-refractivity contribution in [3.05, 3.63) is 46.4 Å². The van der Waals surface area contributed by atoms with Gasteiger partial charge in [0.05, 0.1) is 13.2 Å². The van der Waals surface area contributed by atoms with Gasteiger partial charge in [-0.3, -0.25) is 15.2 Å². The number of carbonyl (C=O) groups is 1. The van der Waals surface area contributed by atoms with Crippen LogP contribution in [-0.2, 0) is 5.41 Å². The zero-order valence-electron chi connectivity index (χ0n) is 21.2. The number of carbonyl (C=O) groups excluding carboxylic acids is 1. The predicted octanol–water partition coefficient (Wildman–Crippen LogP) is 3.91. The molecule has 0 spiro atoms. The molecule has 0 radical (unpaired) electrons. The maximum atomic E-state index is 11.8. The summed E-state index contributed by atoms with van der Waals surface area (Å²) in [5, 5.41) is 20.5. The zero-order valence-corrected chi connectivity index (χ0v) is 21.2. The number of nitrogens with zero attached hydrogens (tertiary/aromatic N) is 3. The molecule has 1 aromatic carbocycles. The van der Waals surface area contributed by atoms with E-state index < -0.39 is 0 Å². The summed E-state index contributed by atoms with van der Waals surface area (Å²) in [5.41, 5.74) is 3.34. The number of aliphatic hydroxyl groups is 1. The first-order valence-electron chi connectivity index (χ1n) is 11.1. The van der Waals surface area contributed by atoms with E-state index in [0.29, 0.717) is 41.5 Å². The average molecular weight is 459 g/mol. The largest absolute Gasteiger partial charge is 0.491 e. The van der Waals surface area contributed by atoms with Crippen LogP contribution >= 0.6 is 0 Å². The summed E-state index contributed by atoms with van der Waals surface area (Å²) in [7, 11) is 1.68. The highest BCUT2D eigenvalue weighted by atomic mass is 16.5. The second-order valence-corrected chi connectivity index (χ2v) is 8.49. The van der Waals surface area contributed by atoms with Gasteiger partial charge in [0.2, 0.25) is 5.88 Å². The Hall–Kier alpha value is -3.00. The molecule has 0 bridgehead atoms. The minimum absolute atomic E-state index is 0.0309. The quantitative estimate of drug-likeness (QED) is 0.371. The molecular formula is C25H38N4O4. The van der Waals surface area contributed by atoms with Gasteiger partial charge in [-0.25, -0.2) is 0 Å². The maximum absolute atomic E-state index is 11.8. The minimum Gasteiger partial charge on any atom is -0.491 e. The fourth-order valence-corrected chi connectivity index (χ4v) is 2.96. The topological polar surface area (TPSA) is 110 Å². The third-order valence-corrected chi connectivity index (χ3v) is 4.69. The first-order valence-corrected chi connectivity index (χ1v) is 11.1. The molecular weight excluding hydrogens is 420 g/mol. The minimum atomic E-state index is -0.0403. The standard InChI is InChI=1S/C15H22O3.C10H16N4O/c1-5-14(17)11-8-12(15(2,3)4)10-13(9-11)18-7-6-16;1-5-15-9-6-7(2)10(12-4)14(13-9)8(3)11/h8-10,16H,5-7H2,1-4H3;6,11H,5H2,1-4H3. The summed E-state index contributed by atoms with van der Waals surface area (Å²) in [6.07, 6.45) is 0.479. The molecule has 8 nitrogen and oxygen atoms in total.